The van der Waals surface area contributed by atoms with Crippen molar-refractivity contribution in [3.8, 4) is 17.2 Å². The van der Waals surface area contributed by atoms with Gasteiger partial charge in [0.1, 0.15) is 23.9 Å². The number of pyridine rings is 1. The Bertz CT molecular complexity index is 1160. The molecule has 0 spiro atoms. The van der Waals surface area contributed by atoms with Crippen LogP contribution in [0.4, 0.5) is 11.5 Å². The van der Waals surface area contributed by atoms with Gasteiger partial charge in [-0.3, -0.25) is 5.41 Å². The minimum Gasteiger partial charge on any atom is -0.398 e. The maximum atomic E-state index is 9.12. The molecule has 3 N–H and O–H groups in total. The number of nitrogens with two attached hydrogens (primary N) is 1. The van der Waals surface area contributed by atoms with Crippen molar-refractivity contribution in [2.75, 3.05) is 23.7 Å². The van der Waals surface area contributed by atoms with E-state index in [0.29, 0.717) is 22.6 Å². The fourth-order valence-electron chi connectivity index (χ4n) is 3.78. The van der Waals surface area contributed by atoms with E-state index < -0.39 is 0 Å². The normalized spacial score (nSPS) is 18.4. The highest BCUT2D eigenvalue weighted by Crippen LogP contribution is 2.26. The van der Waals surface area contributed by atoms with Crippen LogP contribution in [0.2, 0.25) is 0 Å². The maximum absolute atomic E-state index is 9.12. The highest BCUT2D eigenvalue weighted by atomic mass is 16.5. The molecule has 0 radical (unpaired) electrons. The molecule has 0 bridgehead atoms. The van der Waals surface area contributed by atoms with Crippen molar-refractivity contribution < 1.29 is 4.74 Å². The van der Waals surface area contributed by atoms with Gasteiger partial charge in [0.2, 0.25) is 0 Å². The van der Waals surface area contributed by atoms with Gasteiger partial charge in [0.25, 0.3) is 0 Å². The summed E-state index contributed by atoms with van der Waals surface area (Å²) < 4.78 is 5.80. The summed E-state index contributed by atoms with van der Waals surface area (Å²) in [6.45, 7) is 5.54. The number of nitriles is 1. The molecule has 4 rings (SSSR count). The molecule has 3 heterocycles. The number of nitrogens with one attached hydrogen (secondary N) is 1. The lowest BCUT2D eigenvalue weighted by Gasteiger charge is -2.36. The number of anilines is 2. The Morgan fingerprint density at radius 2 is 1.84 bits per heavy atom. The van der Waals surface area contributed by atoms with E-state index in [2.05, 4.69) is 19.9 Å². The first kappa shape index (κ1) is 20.4. The number of morpholine rings is 1. The number of nitrogen functional groups attached to an aromatic ring is 1. The molecule has 2 aromatic heterocycles. The zero-order valence-corrected chi connectivity index (χ0v) is 17.4. The van der Waals surface area contributed by atoms with Gasteiger partial charge in [0, 0.05) is 36.6 Å². The van der Waals surface area contributed by atoms with E-state index in [1.807, 2.05) is 44.2 Å². The van der Waals surface area contributed by atoms with Crippen molar-refractivity contribution >= 4 is 17.2 Å². The third kappa shape index (κ3) is 4.37. The largest absolute Gasteiger partial charge is 0.398 e. The van der Waals surface area contributed by atoms with E-state index in [1.54, 1.807) is 18.3 Å². The number of aromatic nitrogens is 3. The van der Waals surface area contributed by atoms with Gasteiger partial charge in [-0.25, -0.2) is 15.0 Å². The molecule has 3 aromatic rings. The van der Waals surface area contributed by atoms with Crippen LogP contribution in [0.25, 0.3) is 11.1 Å². The van der Waals surface area contributed by atoms with Crippen LogP contribution in [0, 0.1) is 16.7 Å². The summed E-state index contributed by atoms with van der Waals surface area (Å²) in [6, 6.07) is 12.9. The van der Waals surface area contributed by atoms with Crippen LogP contribution >= 0.6 is 0 Å². The molecule has 1 saturated heterocycles. The number of ether oxygens (including phenoxy) is 1. The van der Waals surface area contributed by atoms with Gasteiger partial charge in [0.15, 0.2) is 0 Å². The van der Waals surface area contributed by atoms with Gasteiger partial charge < -0.3 is 15.4 Å². The zero-order chi connectivity index (χ0) is 22.0. The fourth-order valence-corrected chi connectivity index (χ4v) is 3.78. The molecule has 0 aliphatic carbocycles. The highest BCUT2D eigenvalue weighted by Gasteiger charge is 2.24. The van der Waals surface area contributed by atoms with Crippen molar-refractivity contribution in [2.45, 2.75) is 26.1 Å². The van der Waals surface area contributed by atoms with E-state index in [4.69, 9.17) is 21.1 Å². The molecule has 1 aromatic carbocycles. The predicted molar refractivity (Wildman–Crippen MR) is 119 cm³/mol. The van der Waals surface area contributed by atoms with Crippen molar-refractivity contribution in [1.82, 2.24) is 15.0 Å². The van der Waals surface area contributed by atoms with Crippen LogP contribution in [0.15, 0.2) is 48.9 Å². The van der Waals surface area contributed by atoms with Gasteiger partial charge in [-0.05, 0) is 49.2 Å². The Balaban J connectivity index is 1.66. The molecule has 0 amide bonds. The number of benzene rings is 1. The smallest absolute Gasteiger partial charge is 0.141 e. The van der Waals surface area contributed by atoms with Crippen LogP contribution < -0.4 is 10.6 Å². The molecule has 0 saturated carbocycles. The van der Waals surface area contributed by atoms with Crippen molar-refractivity contribution in [1.29, 1.82) is 10.7 Å². The number of hydrogen-bond donors (Lipinski definition) is 2. The minimum absolute atomic E-state index is 0.104. The van der Waals surface area contributed by atoms with Crippen LogP contribution in [0.3, 0.4) is 0 Å². The Morgan fingerprint density at radius 1 is 1.10 bits per heavy atom. The van der Waals surface area contributed by atoms with Gasteiger partial charge in [-0.2, -0.15) is 5.26 Å². The Kier molecular flexibility index (Phi) is 5.60. The lowest BCUT2D eigenvalue weighted by atomic mass is 9.98. The van der Waals surface area contributed by atoms with E-state index in [-0.39, 0.29) is 17.9 Å². The summed E-state index contributed by atoms with van der Waals surface area (Å²) in [5, 5.41) is 17.9. The summed E-state index contributed by atoms with van der Waals surface area (Å²) in [7, 11) is 0. The highest BCUT2D eigenvalue weighted by molar-refractivity contribution is 6.13. The summed E-state index contributed by atoms with van der Waals surface area (Å²) in [5.74, 6) is 0.763. The molecule has 156 valence electrons. The second-order valence-electron chi connectivity index (χ2n) is 7.64. The first-order chi connectivity index (χ1) is 14.9. The molecule has 8 nitrogen and oxygen atoms in total. The quantitative estimate of drug-likeness (QED) is 0.497. The van der Waals surface area contributed by atoms with Crippen molar-refractivity contribution in [2.24, 2.45) is 0 Å². The first-order valence-corrected chi connectivity index (χ1v) is 10.0. The molecule has 1 aliphatic rings. The van der Waals surface area contributed by atoms with E-state index in [1.165, 1.54) is 6.33 Å². The minimum atomic E-state index is 0.104. The lowest BCUT2D eigenvalue weighted by Crippen LogP contribution is -2.45. The molecule has 8 heteroatoms. The summed E-state index contributed by atoms with van der Waals surface area (Å²) in [4.78, 5) is 14.9. The molecular weight excluding hydrogens is 390 g/mol. The van der Waals surface area contributed by atoms with Crippen LogP contribution in [-0.4, -0.2) is 46.0 Å². The fraction of sp³-hybridized carbons (Fsp3) is 0.261. The second kappa shape index (κ2) is 8.50. The molecule has 0 unspecified atom stereocenters. The maximum Gasteiger partial charge on any atom is 0.141 e. The average molecular weight is 413 g/mol. The molecule has 1 fully saturated rings. The Hall–Kier alpha value is -3.83. The molecule has 2 atom stereocenters. The molecular formula is C23H23N7O. The van der Waals surface area contributed by atoms with E-state index >= 15 is 0 Å². The topological polar surface area (TPSA) is 125 Å². The Morgan fingerprint density at radius 3 is 2.58 bits per heavy atom. The van der Waals surface area contributed by atoms with E-state index in [9.17, 15) is 0 Å². The first-order valence-electron chi connectivity index (χ1n) is 10.0. The SMILES string of the molecule is C[C@@H]1CN(c2cc(C(=N)c3cc(-c4ccnc(C#N)c4)ccc3N)ncn2)C[C@H](C)O1. The Labute approximate surface area is 180 Å². The van der Waals surface area contributed by atoms with Crippen LogP contribution in [-0.2, 0) is 4.74 Å². The predicted octanol–water partition coefficient (Wildman–Crippen LogP) is 3.02. The van der Waals surface area contributed by atoms with Crippen LogP contribution in [0.5, 0.6) is 0 Å². The lowest BCUT2D eigenvalue weighted by molar-refractivity contribution is -0.00546. The van der Waals surface area contributed by atoms with E-state index in [0.717, 1.165) is 30.0 Å². The van der Waals surface area contributed by atoms with Crippen LogP contribution in [0.1, 0.15) is 30.8 Å². The van der Waals surface area contributed by atoms with Gasteiger partial charge >= 0.3 is 0 Å². The zero-order valence-electron chi connectivity index (χ0n) is 17.4. The summed E-state index contributed by atoms with van der Waals surface area (Å²) >= 11 is 0. The number of rotatable bonds is 4. The number of nitrogens with zero attached hydrogens (tertiary/aromatic N) is 5. The monoisotopic (exact) mass is 413 g/mol. The second-order valence-corrected chi connectivity index (χ2v) is 7.64. The third-order valence-electron chi connectivity index (χ3n) is 5.18. The number of hydrogen-bond acceptors (Lipinski definition) is 8. The summed E-state index contributed by atoms with van der Waals surface area (Å²) in [6.07, 6.45) is 3.28. The van der Waals surface area contributed by atoms with Crippen molar-refractivity contribution in [3.63, 3.8) is 0 Å². The van der Waals surface area contributed by atoms with Gasteiger partial charge in [0.05, 0.1) is 23.6 Å². The standard InChI is InChI=1S/C23H23N7O/c1-14-11-30(12-15(2)31-14)22-9-21(28-13-29-22)23(26)19-8-16(3-4-20(19)25)17-5-6-27-18(7-17)10-24/h3-9,13-15,26H,11-12,25H2,1-2H3/t14-,15+. The summed E-state index contributed by atoms with van der Waals surface area (Å²) in [5.41, 5.74) is 9.98. The van der Waals surface area contributed by atoms with Crippen molar-refractivity contribution in [3.05, 3.63) is 65.9 Å². The third-order valence-corrected chi connectivity index (χ3v) is 5.18. The van der Waals surface area contributed by atoms with Gasteiger partial charge in [-0.1, -0.05) is 6.07 Å². The van der Waals surface area contributed by atoms with Gasteiger partial charge in [-0.15, -0.1) is 0 Å². The molecule has 1 aliphatic heterocycles. The average Bonchev–Trinajstić information content (AvgIpc) is 2.78. The molecule has 31 heavy (non-hydrogen) atoms.